The highest BCUT2D eigenvalue weighted by atomic mass is 35.5. The molecule has 2 rings (SSSR count). The molecule has 0 aromatic heterocycles. The zero-order valence-corrected chi connectivity index (χ0v) is 10.5. The minimum absolute atomic E-state index is 0.659. The van der Waals surface area contributed by atoms with Crippen LogP contribution in [-0.4, -0.2) is 17.5 Å². The van der Waals surface area contributed by atoms with E-state index in [-0.39, 0.29) is 0 Å². The molecule has 2 N–H and O–H groups in total. The van der Waals surface area contributed by atoms with Crippen LogP contribution in [0.15, 0.2) is 18.2 Å². The van der Waals surface area contributed by atoms with Crippen molar-refractivity contribution in [1.29, 1.82) is 0 Å². The molecule has 1 saturated heterocycles. The Morgan fingerprint density at radius 2 is 2.25 bits per heavy atom. The number of rotatable bonds is 2. The Morgan fingerprint density at radius 3 is 3.00 bits per heavy atom. The molecule has 1 aliphatic heterocycles. The predicted octanol–water partition coefficient (Wildman–Crippen LogP) is 3.30. The lowest BCUT2D eigenvalue weighted by atomic mass is 10.0. The zero-order chi connectivity index (χ0) is 11.5. The molecule has 0 aliphatic carbocycles. The Kier molecular flexibility index (Phi) is 3.72. The van der Waals surface area contributed by atoms with E-state index < -0.39 is 0 Å². The summed E-state index contributed by atoms with van der Waals surface area (Å²) in [6.07, 6.45) is 3.94. The summed E-state index contributed by atoms with van der Waals surface area (Å²) in [7, 11) is 0. The molecule has 1 fully saturated rings. The monoisotopic (exact) mass is 238 g/mol. The first-order chi connectivity index (χ1) is 7.66. The van der Waals surface area contributed by atoms with Crippen LogP contribution in [-0.2, 0) is 6.54 Å². The minimum atomic E-state index is 0.659. The Balaban J connectivity index is 2.10. The second kappa shape index (κ2) is 5.07. The minimum Gasteiger partial charge on any atom is -0.398 e. The maximum atomic E-state index is 6.00. The first-order valence-corrected chi connectivity index (χ1v) is 6.32. The van der Waals surface area contributed by atoms with Crippen LogP contribution in [0.2, 0.25) is 5.02 Å². The van der Waals surface area contributed by atoms with Crippen molar-refractivity contribution in [2.75, 3.05) is 12.3 Å². The molecule has 3 heteroatoms. The van der Waals surface area contributed by atoms with Crippen LogP contribution in [0.3, 0.4) is 0 Å². The number of anilines is 1. The highest BCUT2D eigenvalue weighted by Gasteiger charge is 2.18. The molecule has 1 aromatic rings. The maximum Gasteiger partial charge on any atom is 0.0410 e. The topological polar surface area (TPSA) is 29.3 Å². The van der Waals surface area contributed by atoms with Crippen molar-refractivity contribution in [3.8, 4) is 0 Å². The van der Waals surface area contributed by atoms with Gasteiger partial charge in [-0.25, -0.2) is 0 Å². The number of likely N-dealkylation sites (tertiary alicyclic amines) is 1. The van der Waals surface area contributed by atoms with Gasteiger partial charge in [-0.1, -0.05) is 18.0 Å². The fourth-order valence-electron chi connectivity index (χ4n) is 2.32. The van der Waals surface area contributed by atoms with E-state index in [1.54, 1.807) is 0 Å². The smallest absolute Gasteiger partial charge is 0.0410 e. The number of hydrogen-bond acceptors (Lipinski definition) is 2. The van der Waals surface area contributed by atoms with Crippen molar-refractivity contribution in [1.82, 2.24) is 4.90 Å². The number of nitrogen functional groups attached to an aromatic ring is 1. The van der Waals surface area contributed by atoms with E-state index in [1.807, 2.05) is 18.2 Å². The Labute approximate surface area is 102 Å². The van der Waals surface area contributed by atoms with Gasteiger partial charge in [0.1, 0.15) is 0 Å². The lowest BCUT2D eigenvalue weighted by Crippen LogP contribution is -2.36. The molecular formula is C13H19ClN2. The second-order valence-electron chi connectivity index (χ2n) is 4.66. The predicted molar refractivity (Wildman–Crippen MR) is 69.6 cm³/mol. The zero-order valence-electron chi connectivity index (χ0n) is 9.75. The molecule has 1 unspecified atom stereocenters. The third-order valence-corrected chi connectivity index (χ3v) is 3.65. The number of halogens is 1. The van der Waals surface area contributed by atoms with E-state index >= 15 is 0 Å². The van der Waals surface area contributed by atoms with Gasteiger partial charge in [0.15, 0.2) is 0 Å². The van der Waals surface area contributed by atoms with Gasteiger partial charge >= 0.3 is 0 Å². The Hall–Kier alpha value is -0.730. The molecule has 0 amide bonds. The number of hydrogen-bond donors (Lipinski definition) is 1. The number of benzene rings is 1. The van der Waals surface area contributed by atoms with Gasteiger partial charge in [-0.05, 0) is 50.1 Å². The van der Waals surface area contributed by atoms with Crippen molar-refractivity contribution in [3.05, 3.63) is 28.8 Å². The summed E-state index contributed by atoms with van der Waals surface area (Å²) in [5.41, 5.74) is 7.97. The van der Waals surface area contributed by atoms with E-state index in [4.69, 9.17) is 17.3 Å². The van der Waals surface area contributed by atoms with Crippen LogP contribution < -0.4 is 5.73 Å². The SMILES string of the molecule is CC1CCCCN1Cc1cc(Cl)ccc1N. The van der Waals surface area contributed by atoms with Crippen LogP contribution in [0.5, 0.6) is 0 Å². The summed E-state index contributed by atoms with van der Waals surface area (Å²) in [5.74, 6) is 0. The quantitative estimate of drug-likeness (QED) is 0.802. The molecule has 0 saturated carbocycles. The summed E-state index contributed by atoms with van der Waals surface area (Å²) in [6, 6.07) is 6.39. The third kappa shape index (κ3) is 2.69. The van der Waals surface area contributed by atoms with Gasteiger partial charge in [-0.2, -0.15) is 0 Å². The van der Waals surface area contributed by atoms with Crippen LogP contribution in [0.25, 0.3) is 0 Å². The molecule has 0 radical (unpaired) electrons. The van der Waals surface area contributed by atoms with E-state index in [0.29, 0.717) is 6.04 Å². The van der Waals surface area contributed by atoms with Crippen molar-refractivity contribution in [2.45, 2.75) is 38.8 Å². The normalized spacial score (nSPS) is 22.2. The average molecular weight is 239 g/mol. The molecule has 16 heavy (non-hydrogen) atoms. The van der Waals surface area contributed by atoms with Crippen molar-refractivity contribution >= 4 is 17.3 Å². The lowest BCUT2D eigenvalue weighted by Gasteiger charge is -2.33. The number of nitrogens with zero attached hydrogens (tertiary/aromatic N) is 1. The van der Waals surface area contributed by atoms with E-state index in [0.717, 1.165) is 22.8 Å². The summed E-state index contributed by atoms with van der Waals surface area (Å²) in [5, 5.41) is 0.772. The van der Waals surface area contributed by atoms with Gasteiger partial charge in [-0.3, -0.25) is 4.90 Å². The van der Waals surface area contributed by atoms with Crippen LogP contribution in [0, 0.1) is 0 Å². The molecule has 1 aliphatic rings. The maximum absolute atomic E-state index is 6.00. The van der Waals surface area contributed by atoms with Crippen LogP contribution in [0.1, 0.15) is 31.7 Å². The summed E-state index contributed by atoms with van der Waals surface area (Å²) < 4.78 is 0. The van der Waals surface area contributed by atoms with E-state index in [1.165, 1.54) is 25.8 Å². The molecular weight excluding hydrogens is 220 g/mol. The summed E-state index contributed by atoms with van der Waals surface area (Å²) in [6.45, 7) is 4.39. The molecule has 2 nitrogen and oxygen atoms in total. The van der Waals surface area contributed by atoms with E-state index in [2.05, 4.69) is 11.8 Å². The average Bonchev–Trinajstić information content (AvgIpc) is 2.27. The molecule has 1 atom stereocenters. The molecule has 88 valence electrons. The van der Waals surface area contributed by atoms with Crippen molar-refractivity contribution in [3.63, 3.8) is 0 Å². The van der Waals surface area contributed by atoms with Gasteiger partial charge in [0.2, 0.25) is 0 Å². The van der Waals surface area contributed by atoms with Crippen LogP contribution >= 0.6 is 11.6 Å². The lowest BCUT2D eigenvalue weighted by molar-refractivity contribution is 0.153. The van der Waals surface area contributed by atoms with Crippen molar-refractivity contribution < 1.29 is 0 Å². The molecule has 0 spiro atoms. The van der Waals surface area contributed by atoms with Gasteiger partial charge in [0.25, 0.3) is 0 Å². The fraction of sp³-hybridized carbons (Fsp3) is 0.538. The number of nitrogens with two attached hydrogens (primary N) is 1. The second-order valence-corrected chi connectivity index (χ2v) is 5.09. The largest absolute Gasteiger partial charge is 0.398 e. The fourth-order valence-corrected chi connectivity index (χ4v) is 2.52. The first-order valence-electron chi connectivity index (χ1n) is 5.95. The molecule has 0 bridgehead atoms. The Morgan fingerprint density at radius 1 is 1.44 bits per heavy atom. The summed E-state index contributed by atoms with van der Waals surface area (Å²) in [4.78, 5) is 2.49. The van der Waals surface area contributed by atoms with Crippen LogP contribution in [0.4, 0.5) is 5.69 Å². The number of piperidine rings is 1. The van der Waals surface area contributed by atoms with Gasteiger partial charge in [-0.15, -0.1) is 0 Å². The highest BCUT2D eigenvalue weighted by Crippen LogP contribution is 2.23. The summed E-state index contributed by atoms with van der Waals surface area (Å²) >= 11 is 6.00. The van der Waals surface area contributed by atoms with Gasteiger partial charge < -0.3 is 5.73 Å². The van der Waals surface area contributed by atoms with E-state index in [9.17, 15) is 0 Å². The first kappa shape index (κ1) is 11.7. The molecule has 1 heterocycles. The third-order valence-electron chi connectivity index (χ3n) is 3.42. The Bertz CT molecular complexity index is 365. The van der Waals surface area contributed by atoms with Crippen molar-refractivity contribution in [2.24, 2.45) is 0 Å². The highest BCUT2D eigenvalue weighted by molar-refractivity contribution is 6.30. The van der Waals surface area contributed by atoms with Gasteiger partial charge in [0.05, 0.1) is 0 Å². The van der Waals surface area contributed by atoms with Gasteiger partial charge in [0, 0.05) is 23.3 Å². The molecule has 1 aromatic carbocycles. The standard InChI is InChI=1S/C13H19ClN2/c1-10-4-2-3-7-16(10)9-11-8-12(14)5-6-13(11)15/h5-6,8,10H,2-4,7,9,15H2,1H3.